The first-order valence-corrected chi connectivity index (χ1v) is 9.26. The van der Waals surface area contributed by atoms with E-state index in [0.29, 0.717) is 40.3 Å². The molecule has 1 amide bonds. The fraction of sp³-hybridized carbons (Fsp3) is 0.263. The Balaban J connectivity index is 1.68. The van der Waals surface area contributed by atoms with Crippen LogP contribution in [-0.2, 0) is 18.0 Å². The molecule has 0 unspecified atom stereocenters. The predicted molar refractivity (Wildman–Crippen MR) is 104 cm³/mol. The van der Waals surface area contributed by atoms with Gasteiger partial charge in [-0.25, -0.2) is 9.37 Å². The Morgan fingerprint density at radius 1 is 1.37 bits per heavy atom. The van der Waals surface area contributed by atoms with E-state index in [9.17, 15) is 9.18 Å². The van der Waals surface area contributed by atoms with E-state index in [2.05, 4.69) is 25.9 Å². The number of amides is 1. The van der Waals surface area contributed by atoms with Gasteiger partial charge in [0.25, 0.3) is 5.91 Å². The summed E-state index contributed by atoms with van der Waals surface area (Å²) in [5.41, 5.74) is 10.00. The molecule has 2 aromatic heterocycles. The van der Waals surface area contributed by atoms with Crippen LogP contribution in [0.15, 0.2) is 28.7 Å². The van der Waals surface area contributed by atoms with Gasteiger partial charge < -0.3 is 20.4 Å². The highest BCUT2D eigenvalue weighted by molar-refractivity contribution is 9.10. The molecule has 8 heteroatoms. The number of anilines is 1. The van der Waals surface area contributed by atoms with Gasteiger partial charge in [-0.15, -0.1) is 0 Å². The van der Waals surface area contributed by atoms with Crippen molar-refractivity contribution < 1.29 is 13.9 Å². The van der Waals surface area contributed by atoms with Gasteiger partial charge in [0.15, 0.2) is 0 Å². The number of ether oxygens (including phenoxy) is 1. The highest BCUT2D eigenvalue weighted by atomic mass is 79.9. The lowest BCUT2D eigenvalue weighted by atomic mass is 10.1. The van der Waals surface area contributed by atoms with E-state index in [1.807, 2.05) is 0 Å². The number of benzene rings is 1. The molecule has 3 N–H and O–H groups in total. The Labute approximate surface area is 163 Å². The number of nitrogens with zero attached hydrogens (tertiary/aromatic N) is 2. The first kappa shape index (κ1) is 17.9. The summed E-state index contributed by atoms with van der Waals surface area (Å²) in [6.07, 6.45) is 0. The number of aromatic amines is 1. The number of hydrogen-bond donors (Lipinski definition) is 2. The van der Waals surface area contributed by atoms with Crippen molar-refractivity contribution in [3.8, 4) is 0 Å². The molecule has 0 spiro atoms. The Morgan fingerprint density at radius 2 is 2.11 bits per heavy atom. The smallest absolute Gasteiger partial charge is 0.270 e. The molecule has 6 nitrogen and oxygen atoms in total. The van der Waals surface area contributed by atoms with Gasteiger partial charge in [0.05, 0.1) is 30.3 Å². The van der Waals surface area contributed by atoms with E-state index in [-0.39, 0.29) is 11.7 Å². The average molecular weight is 433 g/mol. The third-order valence-electron chi connectivity index (χ3n) is 5.05. The summed E-state index contributed by atoms with van der Waals surface area (Å²) in [4.78, 5) is 22.0. The number of nitrogens with one attached hydrogen (secondary N) is 1. The molecule has 0 radical (unpaired) electrons. The second-order valence-corrected chi connectivity index (χ2v) is 7.56. The van der Waals surface area contributed by atoms with Gasteiger partial charge in [-0.3, -0.25) is 4.79 Å². The molecule has 4 rings (SSSR count). The number of rotatable bonds is 3. The second kappa shape index (κ2) is 6.61. The van der Waals surface area contributed by atoms with Crippen LogP contribution in [0.2, 0.25) is 0 Å². The number of pyridine rings is 1. The fourth-order valence-corrected chi connectivity index (χ4v) is 3.70. The number of halogens is 2. The molecule has 1 aromatic carbocycles. The minimum atomic E-state index is -0.441. The fourth-order valence-electron chi connectivity index (χ4n) is 3.37. The number of hydrogen-bond acceptors (Lipinski definition) is 4. The minimum Gasteiger partial charge on any atom is -0.383 e. The molecule has 0 saturated heterocycles. The Morgan fingerprint density at radius 3 is 2.85 bits per heavy atom. The van der Waals surface area contributed by atoms with Crippen molar-refractivity contribution in [3.63, 3.8) is 0 Å². The van der Waals surface area contributed by atoms with Crippen molar-refractivity contribution in [3.05, 3.63) is 56.9 Å². The SMILES string of the molecule is C[C@H](c1ccc(Br)cc1F)N(C)C(=O)c1cc2nc(N)c3c(c2[nH]1)COC3. The Bertz CT molecular complexity index is 1070. The number of aromatic nitrogens is 2. The van der Waals surface area contributed by atoms with Crippen LogP contribution >= 0.6 is 15.9 Å². The molecule has 0 bridgehead atoms. The van der Waals surface area contributed by atoms with Crippen LogP contribution in [0, 0.1) is 5.82 Å². The third-order valence-corrected chi connectivity index (χ3v) is 5.54. The van der Waals surface area contributed by atoms with Crippen LogP contribution in [0.5, 0.6) is 0 Å². The first-order chi connectivity index (χ1) is 12.9. The molecule has 0 saturated carbocycles. The topological polar surface area (TPSA) is 84.2 Å². The van der Waals surface area contributed by atoms with Crippen LogP contribution in [0.1, 0.15) is 40.1 Å². The van der Waals surface area contributed by atoms with Crippen LogP contribution in [0.25, 0.3) is 11.0 Å². The number of H-pyrrole nitrogens is 1. The summed E-state index contributed by atoms with van der Waals surface area (Å²) in [6.45, 7) is 2.64. The number of nitrogen functional groups attached to an aromatic ring is 1. The highest BCUT2D eigenvalue weighted by Gasteiger charge is 2.25. The maximum atomic E-state index is 14.3. The van der Waals surface area contributed by atoms with Gasteiger partial charge in [0, 0.05) is 28.2 Å². The van der Waals surface area contributed by atoms with Crippen molar-refractivity contribution >= 4 is 38.7 Å². The summed E-state index contributed by atoms with van der Waals surface area (Å²) in [5, 5.41) is 0. The van der Waals surface area contributed by atoms with E-state index >= 15 is 0 Å². The van der Waals surface area contributed by atoms with Crippen molar-refractivity contribution in [2.45, 2.75) is 26.2 Å². The molecule has 0 aliphatic carbocycles. The lowest BCUT2D eigenvalue weighted by Gasteiger charge is -2.25. The third kappa shape index (κ3) is 2.98. The molecule has 3 heterocycles. The van der Waals surface area contributed by atoms with E-state index < -0.39 is 6.04 Å². The van der Waals surface area contributed by atoms with Gasteiger partial charge >= 0.3 is 0 Å². The molecule has 1 atom stereocenters. The Kier molecular flexibility index (Phi) is 4.39. The zero-order valence-electron chi connectivity index (χ0n) is 14.8. The highest BCUT2D eigenvalue weighted by Crippen LogP contribution is 2.32. The maximum absolute atomic E-state index is 14.3. The zero-order valence-corrected chi connectivity index (χ0v) is 16.4. The normalized spacial score (nSPS) is 14.4. The van der Waals surface area contributed by atoms with Crippen LogP contribution in [0.4, 0.5) is 10.2 Å². The predicted octanol–water partition coefficient (Wildman–Crippen LogP) is 3.91. The summed E-state index contributed by atoms with van der Waals surface area (Å²) in [5.74, 6) is -0.196. The Hall–Kier alpha value is -2.45. The molecule has 3 aromatic rings. The summed E-state index contributed by atoms with van der Waals surface area (Å²) >= 11 is 3.25. The molecule has 1 aliphatic rings. The molecular weight excluding hydrogens is 415 g/mol. The van der Waals surface area contributed by atoms with Crippen molar-refractivity contribution in [2.75, 3.05) is 12.8 Å². The molecule has 27 heavy (non-hydrogen) atoms. The van der Waals surface area contributed by atoms with Crippen LogP contribution in [-0.4, -0.2) is 27.8 Å². The van der Waals surface area contributed by atoms with E-state index in [1.165, 1.54) is 11.0 Å². The zero-order chi connectivity index (χ0) is 19.3. The van der Waals surface area contributed by atoms with Gasteiger partial charge in [0.2, 0.25) is 0 Å². The van der Waals surface area contributed by atoms with E-state index in [4.69, 9.17) is 10.5 Å². The van der Waals surface area contributed by atoms with Gasteiger partial charge in [0.1, 0.15) is 17.3 Å². The molecule has 1 aliphatic heterocycles. The van der Waals surface area contributed by atoms with Gasteiger partial charge in [-0.1, -0.05) is 22.0 Å². The minimum absolute atomic E-state index is 0.256. The summed E-state index contributed by atoms with van der Waals surface area (Å²) in [7, 11) is 1.65. The monoisotopic (exact) mass is 432 g/mol. The van der Waals surface area contributed by atoms with Gasteiger partial charge in [-0.05, 0) is 25.1 Å². The number of carbonyl (C=O) groups is 1. The maximum Gasteiger partial charge on any atom is 0.270 e. The molecular formula is C19H18BrFN4O2. The number of nitrogens with two attached hydrogens (primary N) is 1. The molecule has 0 fully saturated rings. The van der Waals surface area contributed by atoms with E-state index in [1.54, 1.807) is 32.2 Å². The van der Waals surface area contributed by atoms with Crippen molar-refractivity contribution in [2.24, 2.45) is 0 Å². The lowest BCUT2D eigenvalue weighted by Crippen LogP contribution is -2.30. The van der Waals surface area contributed by atoms with Crippen molar-refractivity contribution in [1.82, 2.24) is 14.9 Å². The van der Waals surface area contributed by atoms with E-state index in [0.717, 1.165) is 16.6 Å². The van der Waals surface area contributed by atoms with Crippen LogP contribution in [0.3, 0.4) is 0 Å². The van der Waals surface area contributed by atoms with Crippen LogP contribution < -0.4 is 5.73 Å². The standard InChI is InChI=1S/C19H18BrFN4O2/c1-9(11-4-3-10(20)5-14(11)21)25(2)19(26)16-6-15-17(23-16)12-7-27-8-13(12)18(22)24-15/h3-6,9,23H,7-8H2,1-2H3,(H2,22,24)/t9-/m1/s1. The second-order valence-electron chi connectivity index (χ2n) is 6.65. The lowest BCUT2D eigenvalue weighted by molar-refractivity contribution is 0.0735. The number of fused-ring (bicyclic) bond motifs is 3. The first-order valence-electron chi connectivity index (χ1n) is 8.46. The summed E-state index contributed by atoms with van der Waals surface area (Å²) < 4.78 is 20.4. The van der Waals surface area contributed by atoms with Gasteiger partial charge in [-0.2, -0.15) is 0 Å². The summed E-state index contributed by atoms with van der Waals surface area (Å²) in [6, 6.07) is 6.05. The molecule has 140 valence electrons. The largest absolute Gasteiger partial charge is 0.383 e. The average Bonchev–Trinajstić information content (AvgIpc) is 3.26. The number of carbonyl (C=O) groups excluding carboxylic acids is 1. The quantitative estimate of drug-likeness (QED) is 0.656. The van der Waals surface area contributed by atoms with Crippen molar-refractivity contribution in [1.29, 1.82) is 0 Å².